The van der Waals surface area contributed by atoms with Gasteiger partial charge in [-0.2, -0.15) is 0 Å². The molecule has 0 radical (unpaired) electrons. The number of benzene rings is 1. The molecule has 0 unspecified atom stereocenters. The number of nitrogens with one attached hydrogen (secondary N) is 2. The van der Waals surface area contributed by atoms with Crippen molar-refractivity contribution in [2.24, 2.45) is 10.9 Å². The van der Waals surface area contributed by atoms with Crippen LogP contribution in [-0.2, 0) is 6.54 Å². The number of aliphatic imine (C=N–C) groups is 1. The highest BCUT2D eigenvalue weighted by Gasteiger charge is 2.14. The van der Waals surface area contributed by atoms with E-state index in [1.165, 1.54) is 38.5 Å². The summed E-state index contributed by atoms with van der Waals surface area (Å²) in [5, 5.41) is 6.75. The molecule has 1 aliphatic rings. The average molecular weight is 500 g/mol. The van der Waals surface area contributed by atoms with Crippen LogP contribution in [0.2, 0.25) is 0 Å². The van der Waals surface area contributed by atoms with Crippen LogP contribution < -0.4 is 10.6 Å². The highest BCUT2D eigenvalue weighted by atomic mass is 127. The highest BCUT2D eigenvalue weighted by Crippen LogP contribution is 2.28. The molecular weight excluding hydrogens is 463 g/mol. The summed E-state index contributed by atoms with van der Waals surface area (Å²) in [6, 6.07) is 7.85. The predicted octanol–water partition coefficient (Wildman–Crippen LogP) is 4.42. The second-order valence-electron chi connectivity index (χ2n) is 7.32. The molecule has 0 aromatic heterocycles. The summed E-state index contributed by atoms with van der Waals surface area (Å²) in [5.74, 6) is 1.88. The van der Waals surface area contributed by atoms with E-state index in [-0.39, 0.29) is 29.9 Å². The summed E-state index contributed by atoms with van der Waals surface area (Å²) >= 11 is 0. The van der Waals surface area contributed by atoms with Crippen LogP contribution in [-0.4, -0.2) is 43.4 Å². The summed E-state index contributed by atoms with van der Waals surface area (Å²) in [6.07, 6.45) is 8.19. The van der Waals surface area contributed by atoms with Crippen molar-refractivity contribution in [3.63, 3.8) is 0 Å². The number of halogens is 1. The van der Waals surface area contributed by atoms with Gasteiger partial charge in [0.05, 0.1) is 0 Å². The van der Waals surface area contributed by atoms with Gasteiger partial charge in [-0.1, -0.05) is 37.8 Å². The van der Waals surface area contributed by atoms with Crippen molar-refractivity contribution in [3.8, 4) is 0 Å². The number of carbonyl (C=O) groups is 1. The van der Waals surface area contributed by atoms with Crippen LogP contribution in [0.4, 0.5) is 0 Å². The molecule has 1 aromatic rings. The van der Waals surface area contributed by atoms with Crippen molar-refractivity contribution >= 4 is 35.8 Å². The number of hydrogen-bond donors (Lipinski definition) is 2. The number of guanidine groups is 1. The van der Waals surface area contributed by atoms with Gasteiger partial charge in [-0.25, -0.2) is 0 Å². The Hall–Kier alpha value is -1.31. The average Bonchev–Trinajstić information content (AvgIpc) is 3.22. The summed E-state index contributed by atoms with van der Waals surface area (Å²) in [4.78, 5) is 18.5. The van der Waals surface area contributed by atoms with Crippen LogP contribution in [0.1, 0.15) is 68.3 Å². The number of nitrogens with zero attached hydrogens (tertiary/aromatic N) is 2. The molecule has 1 aromatic carbocycles. The Morgan fingerprint density at radius 2 is 1.75 bits per heavy atom. The van der Waals surface area contributed by atoms with Crippen molar-refractivity contribution in [2.45, 2.75) is 58.9 Å². The lowest BCUT2D eigenvalue weighted by Gasteiger charge is -2.18. The Balaban J connectivity index is 0.00000392. The maximum atomic E-state index is 12.4. The van der Waals surface area contributed by atoms with E-state index in [2.05, 4.69) is 15.6 Å². The van der Waals surface area contributed by atoms with Crippen LogP contribution >= 0.6 is 24.0 Å². The molecule has 1 amide bonds. The zero-order chi connectivity index (χ0) is 19.5. The smallest absolute Gasteiger partial charge is 0.253 e. The van der Waals surface area contributed by atoms with Crippen LogP contribution in [0.25, 0.3) is 0 Å². The fourth-order valence-corrected chi connectivity index (χ4v) is 3.76. The zero-order valence-corrected chi connectivity index (χ0v) is 20.0. The van der Waals surface area contributed by atoms with Crippen LogP contribution in [0, 0.1) is 5.92 Å². The second-order valence-corrected chi connectivity index (χ2v) is 7.32. The Morgan fingerprint density at radius 3 is 2.32 bits per heavy atom. The normalized spacial score (nSPS) is 14.5. The molecule has 1 fully saturated rings. The Kier molecular flexibility index (Phi) is 12.2. The van der Waals surface area contributed by atoms with Crippen molar-refractivity contribution in [3.05, 3.63) is 35.4 Å². The molecule has 28 heavy (non-hydrogen) atoms. The highest BCUT2D eigenvalue weighted by molar-refractivity contribution is 14.0. The molecule has 1 aliphatic carbocycles. The van der Waals surface area contributed by atoms with Crippen molar-refractivity contribution in [1.29, 1.82) is 0 Å². The summed E-state index contributed by atoms with van der Waals surface area (Å²) in [6.45, 7) is 7.15. The van der Waals surface area contributed by atoms with Crippen LogP contribution in [0.3, 0.4) is 0 Å². The SMILES string of the molecule is CCN(CC)C(=O)c1ccc(CNC(=NC)NCCCC2CCCC2)cc1.I. The van der Waals surface area contributed by atoms with Gasteiger partial charge in [0.15, 0.2) is 5.96 Å². The van der Waals surface area contributed by atoms with E-state index in [0.717, 1.165) is 42.6 Å². The van der Waals surface area contributed by atoms with Crippen molar-refractivity contribution in [1.82, 2.24) is 15.5 Å². The minimum atomic E-state index is 0. The first-order valence-electron chi connectivity index (χ1n) is 10.5. The Morgan fingerprint density at radius 1 is 1.11 bits per heavy atom. The first-order chi connectivity index (χ1) is 13.2. The van der Waals surface area contributed by atoms with E-state index in [9.17, 15) is 4.79 Å². The number of carbonyl (C=O) groups excluding carboxylic acids is 1. The van der Waals surface area contributed by atoms with Gasteiger partial charge in [0, 0.05) is 38.8 Å². The third kappa shape index (κ3) is 7.97. The first-order valence-corrected chi connectivity index (χ1v) is 10.5. The molecule has 0 bridgehead atoms. The monoisotopic (exact) mass is 500 g/mol. The van der Waals surface area contributed by atoms with Gasteiger partial charge in [-0.3, -0.25) is 9.79 Å². The Labute approximate surface area is 187 Å². The second kappa shape index (κ2) is 13.8. The summed E-state index contributed by atoms with van der Waals surface area (Å²) in [7, 11) is 1.80. The van der Waals surface area contributed by atoms with Gasteiger partial charge >= 0.3 is 0 Å². The van der Waals surface area contributed by atoms with Gasteiger partial charge in [0.25, 0.3) is 5.91 Å². The molecule has 0 spiro atoms. The molecule has 2 rings (SSSR count). The van der Waals surface area contributed by atoms with Gasteiger partial charge in [0.1, 0.15) is 0 Å². The van der Waals surface area contributed by atoms with Crippen LogP contribution in [0.5, 0.6) is 0 Å². The fourth-order valence-electron chi connectivity index (χ4n) is 3.76. The molecule has 2 N–H and O–H groups in total. The lowest BCUT2D eigenvalue weighted by Crippen LogP contribution is -2.37. The fraction of sp³-hybridized carbons (Fsp3) is 0.636. The minimum absolute atomic E-state index is 0. The maximum Gasteiger partial charge on any atom is 0.253 e. The summed E-state index contributed by atoms with van der Waals surface area (Å²) < 4.78 is 0. The minimum Gasteiger partial charge on any atom is -0.356 e. The topological polar surface area (TPSA) is 56.7 Å². The molecule has 6 heteroatoms. The summed E-state index contributed by atoms with van der Waals surface area (Å²) in [5.41, 5.74) is 1.89. The van der Waals surface area contributed by atoms with Gasteiger partial charge < -0.3 is 15.5 Å². The predicted molar refractivity (Wildman–Crippen MR) is 129 cm³/mol. The van der Waals surface area contributed by atoms with Crippen LogP contribution in [0.15, 0.2) is 29.3 Å². The standard InChI is InChI=1S/C22H36N4O.HI/c1-4-26(5-2)21(27)20-14-12-19(13-15-20)17-25-22(23-3)24-16-8-11-18-9-6-7-10-18;/h12-15,18H,4-11,16-17H2,1-3H3,(H2,23,24,25);1H. The third-order valence-corrected chi connectivity index (χ3v) is 5.49. The molecule has 5 nitrogen and oxygen atoms in total. The third-order valence-electron chi connectivity index (χ3n) is 5.49. The molecular formula is C22H37IN4O. The number of amides is 1. The molecule has 0 saturated heterocycles. The quantitative estimate of drug-likeness (QED) is 0.229. The number of hydrogen-bond acceptors (Lipinski definition) is 2. The maximum absolute atomic E-state index is 12.4. The van der Waals surface area contributed by atoms with Gasteiger partial charge in [-0.15, -0.1) is 24.0 Å². The molecule has 0 aliphatic heterocycles. The van der Waals surface area contributed by atoms with Gasteiger partial charge in [0.2, 0.25) is 0 Å². The lowest BCUT2D eigenvalue weighted by molar-refractivity contribution is 0.0773. The molecule has 0 heterocycles. The van der Waals surface area contributed by atoms with E-state index >= 15 is 0 Å². The van der Waals surface area contributed by atoms with E-state index in [1.807, 2.05) is 43.0 Å². The molecule has 0 atom stereocenters. The van der Waals surface area contributed by atoms with Crippen molar-refractivity contribution in [2.75, 3.05) is 26.7 Å². The number of rotatable bonds is 9. The first kappa shape index (κ1) is 24.7. The van der Waals surface area contributed by atoms with Gasteiger partial charge in [-0.05, 0) is 50.3 Å². The van der Waals surface area contributed by atoms with E-state index in [4.69, 9.17) is 0 Å². The zero-order valence-electron chi connectivity index (χ0n) is 17.7. The largest absolute Gasteiger partial charge is 0.356 e. The lowest BCUT2D eigenvalue weighted by atomic mass is 10.0. The van der Waals surface area contributed by atoms with E-state index in [1.54, 1.807) is 7.05 Å². The van der Waals surface area contributed by atoms with Crippen molar-refractivity contribution < 1.29 is 4.79 Å². The molecule has 1 saturated carbocycles. The molecule has 158 valence electrons. The van der Waals surface area contributed by atoms with E-state index < -0.39 is 0 Å². The van der Waals surface area contributed by atoms with E-state index in [0.29, 0.717) is 6.54 Å². The Bertz CT molecular complexity index is 593.